The van der Waals surface area contributed by atoms with Crippen LogP contribution in [0, 0.1) is 6.92 Å². The van der Waals surface area contributed by atoms with E-state index in [9.17, 15) is 18.0 Å². The van der Waals surface area contributed by atoms with E-state index in [1.165, 1.54) is 17.0 Å². The summed E-state index contributed by atoms with van der Waals surface area (Å²) < 4.78 is 40.7. The molecule has 9 heteroatoms. The number of hydrogen-bond acceptors (Lipinski definition) is 3. The Balaban J connectivity index is 1.77. The van der Waals surface area contributed by atoms with Gasteiger partial charge in [0, 0.05) is 29.7 Å². The highest BCUT2D eigenvalue weighted by Crippen LogP contribution is 2.38. The summed E-state index contributed by atoms with van der Waals surface area (Å²) in [5, 5.41) is 3.92. The number of aryl methyl sites for hydroxylation is 1. The number of carbonyl (C=O) groups is 1. The monoisotopic (exact) mass is 420 g/mol. The summed E-state index contributed by atoms with van der Waals surface area (Å²) in [4.78, 5) is 18.9. The van der Waals surface area contributed by atoms with Crippen molar-refractivity contribution < 1.29 is 18.0 Å². The minimum Gasteiger partial charge on any atom is -0.305 e. The van der Waals surface area contributed by atoms with Crippen molar-refractivity contribution in [3.8, 4) is 11.1 Å². The Morgan fingerprint density at radius 3 is 2.62 bits per heavy atom. The standard InChI is InChI=1S/C20H16ClF3N4O/c1-11-7-13(5-6-25-11)15-9-26-28-12(2)10-27(19(29)18(15)28)14-3-4-16(17(21)8-14)20(22,23)24/h3-9,12H,10H2,1-2H3. The summed E-state index contributed by atoms with van der Waals surface area (Å²) in [6, 6.07) is 6.81. The van der Waals surface area contributed by atoms with Gasteiger partial charge in [-0.05, 0) is 49.7 Å². The summed E-state index contributed by atoms with van der Waals surface area (Å²) in [5.41, 5.74) is 2.00. The molecule has 1 unspecified atom stereocenters. The van der Waals surface area contributed by atoms with Gasteiger partial charge in [0.05, 0.1) is 22.8 Å². The van der Waals surface area contributed by atoms with Crippen LogP contribution in [-0.2, 0) is 6.18 Å². The van der Waals surface area contributed by atoms with Crippen molar-refractivity contribution in [1.29, 1.82) is 0 Å². The maximum atomic E-state index is 13.3. The molecule has 0 aliphatic carbocycles. The van der Waals surface area contributed by atoms with Gasteiger partial charge in [0.25, 0.3) is 5.91 Å². The molecule has 0 saturated carbocycles. The number of nitrogens with zero attached hydrogens (tertiary/aromatic N) is 4. The number of aromatic nitrogens is 3. The summed E-state index contributed by atoms with van der Waals surface area (Å²) >= 11 is 5.86. The zero-order chi connectivity index (χ0) is 20.9. The van der Waals surface area contributed by atoms with Crippen molar-refractivity contribution in [3.05, 3.63) is 64.7 Å². The second kappa shape index (κ2) is 6.88. The molecular weight excluding hydrogens is 405 g/mol. The van der Waals surface area contributed by atoms with E-state index in [2.05, 4.69) is 10.1 Å². The van der Waals surface area contributed by atoms with Crippen molar-refractivity contribution >= 4 is 23.2 Å². The number of alkyl halides is 3. The molecule has 0 spiro atoms. The largest absolute Gasteiger partial charge is 0.417 e. The predicted octanol–water partition coefficient (Wildman–Crippen LogP) is 5.15. The molecule has 3 aromatic rings. The topological polar surface area (TPSA) is 51.0 Å². The average Bonchev–Trinajstić information content (AvgIpc) is 3.09. The number of carbonyl (C=O) groups excluding carboxylic acids is 1. The first-order chi connectivity index (χ1) is 13.7. The van der Waals surface area contributed by atoms with Crippen LogP contribution in [0.4, 0.5) is 18.9 Å². The van der Waals surface area contributed by atoms with Crippen LogP contribution in [0.3, 0.4) is 0 Å². The van der Waals surface area contributed by atoms with Gasteiger partial charge in [0.15, 0.2) is 0 Å². The van der Waals surface area contributed by atoms with E-state index < -0.39 is 16.8 Å². The lowest BCUT2D eigenvalue weighted by Crippen LogP contribution is -2.42. The highest BCUT2D eigenvalue weighted by Gasteiger charge is 2.36. The molecule has 2 aromatic heterocycles. The first kappa shape index (κ1) is 19.4. The summed E-state index contributed by atoms with van der Waals surface area (Å²) in [5.74, 6) is -0.346. The number of amides is 1. The fraction of sp³-hybridized carbons (Fsp3) is 0.250. The van der Waals surface area contributed by atoms with Crippen molar-refractivity contribution in [2.45, 2.75) is 26.1 Å². The first-order valence-corrected chi connectivity index (χ1v) is 9.23. The molecule has 5 nitrogen and oxygen atoms in total. The maximum Gasteiger partial charge on any atom is 0.417 e. The van der Waals surface area contributed by atoms with E-state index in [4.69, 9.17) is 11.6 Å². The Labute approximate surface area is 169 Å². The molecule has 0 saturated heterocycles. The van der Waals surface area contributed by atoms with Crippen LogP contribution < -0.4 is 4.90 Å². The molecule has 4 rings (SSSR count). The fourth-order valence-corrected chi connectivity index (χ4v) is 3.79. The Hall–Kier alpha value is -2.87. The molecule has 1 amide bonds. The maximum absolute atomic E-state index is 13.3. The van der Waals surface area contributed by atoms with Crippen LogP contribution in [0.2, 0.25) is 5.02 Å². The van der Waals surface area contributed by atoms with Gasteiger partial charge in [0.2, 0.25) is 0 Å². The average molecular weight is 421 g/mol. The third-order valence-electron chi connectivity index (χ3n) is 4.88. The summed E-state index contributed by atoms with van der Waals surface area (Å²) in [7, 11) is 0. The van der Waals surface area contributed by atoms with E-state index in [-0.39, 0.29) is 18.5 Å². The smallest absolute Gasteiger partial charge is 0.305 e. The minimum absolute atomic E-state index is 0.166. The lowest BCUT2D eigenvalue weighted by Gasteiger charge is -2.32. The Bertz CT molecular complexity index is 1110. The Morgan fingerprint density at radius 2 is 1.97 bits per heavy atom. The van der Waals surface area contributed by atoms with Crippen molar-refractivity contribution in [2.24, 2.45) is 0 Å². The third-order valence-corrected chi connectivity index (χ3v) is 5.20. The lowest BCUT2D eigenvalue weighted by molar-refractivity contribution is -0.137. The quantitative estimate of drug-likeness (QED) is 0.576. The molecule has 3 heterocycles. The van der Waals surface area contributed by atoms with Crippen LogP contribution >= 0.6 is 11.6 Å². The van der Waals surface area contributed by atoms with Crippen LogP contribution in [0.15, 0.2) is 42.7 Å². The van der Waals surface area contributed by atoms with E-state index in [0.717, 1.165) is 17.3 Å². The highest BCUT2D eigenvalue weighted by atomic mass is 35.5. The van der Waals surface area contributed by atoms with Crippen LogP contribution in [-0.4, -0.2) is 27.2 Å². The molecule has 1 aromatic carbocycles. The van der Waals surface area contributed by atoms with Gasteiger partial charge in [-0.2, -0.15) is 18.3 Å². The second-order valence-electron chi connectivity index (χ2n) is 6.96. The number of pyridine rings is 1. The van der Waals surface area contributed by atoms with E-state index in [1.54, 1.807) is 23.1 Å². The van der Waals surface area contributed by atoms with Gasteiger partial charge in [-0.3, -0.25) is 14.5 Å². The molecular formula is C20H16ClF3N4O. The van der Waals surface area contributed by atoms with Crippen molar-refractivity contribution in [1.82, 2.24) is 14.8 Å². The minimum atomic E-state index is -4.56. The zero-order valence-electron chi connectivity index (χ0n) is 15.5. The Morgan fingerprint density at radius 1 is 1.21 bits per heavy atom. The number of anilines is 1. The third kappa shape index (κ3) is 3.37. The number of hydrogen-bond donors (Lipinski definition) is 0. The van der Waals surface area contributed by atoms with Gasteiger partial charge in [-0.15, -0.1) is 0 Å². The van der Waals surface area contributed by atoms with Gasteiger partial charge < -0.3 is 4.90 Å². The molecule has 1 aliphatic rings. The van der Waals surface area contributed by atoms with Crippen LogP contribution in [0.1, 0.15) is 34.7 Å². The summed E-state index contributed by atoms with van der Waals surface area (Å²) in [6.45, 7) is 4.01. The molecule has 1 atom stereocenters. The second-order valence-corrected chi connectivity index (χ2v) is 7.37. The van der Waals surface area contributed by atoms with Gasteiger partial charge in [-0.25, -0.2) is 0 Å². The predicted molar refractivity (Wildman–Crippen MR) is 103 cm³/mol. The van der Waals surface area contributed by atoms with Crippen LogP contribution in [0.5, 0.6) is 0 Å². The molecule has 29 heavy (non-hydrogen) atoms. The molecule has 0 fully saturated rings. The van der Waals surface area contributed by atoms with E-state index >= 15 is 0 Å². The van der Waals surface area contributed by atoms with Gasteiger partial charge in [-0.1, -0.05) is 11.6 Å². The highest BCUT2D eigenvalue weighted by molar-refractivity contribution is 6.31. The zero-order valence-corrected chi connectivity index (χ0v) is 16.3. The molecule has 1 aliphatic heterocycles. The molecule has 150 valence electrons. The summed E-state index contributed by atoms with van der Waals surface area (Å²) in [6.07, 6.45) is -1.28. The number of rotatable bonds is 2. The molecule has 0 N–H and O–H groups in total. The number of halogens is 4. The first-order valence-electron chi connectivity index (χ1n) is 8.86. The molecule has 0 bridgehead atoms. The Kier molecular flexibility index (Phi) is 4.61. The SMILES string of the molecule is Cc1cc(-c2cnn3c2C(=O)N(c2ccc(C(F)(F)F)c(Cl)c2)CC3C)ccn1. The number of fused-ring (bicyclic) bond motifs is 1. The van der Waals surface area contributed by atoms with E-state index in [1.807, 2.05) is 19.9 Å². The van der Waals surface area contributed by atoms with Crippen molar-refractivity contribution in [3.63, 3.8) is 0 Å². The van der Waals surface area contributed by atoms with Gasteiger partial charge >= 0.3 is 6.18 Å². The van der Waals surface area contributed by atoms with Gasteiger partial charge in [0.1, 0.15) is 5.69 Å². The fourth-order valence-electron chi connectivity index (χ4n) is 3.51. The van der Waals surface area contributed by atoms with E-state index in [0.29, 0.717) is 16.9 Å². The van der Waals surface area contributed by atoms with Crippen LogP contribution in [0.25, 0.3) is 11.1 Å². The van der Waals surface area contributed by atoms with Crippen molar-refractivity contribution in [2.75, 3.05) is 11.4 Å². The normalized spacial score (nSPS) is 16.8. The number of benzene rings is 1. The lowest BCUT2D eigenvalue weighted by atomic mass is 10.0. The molecule has 0 radical (unpaired) electrons.